The summed E-state index contributed by atoms with van der Waals surface area (Å²) in [6.07, 6.45) is 7.11. The van der Waals surface area contributed by atoms with Crippen LogP contribution < -0.4 is 14.8 Å². The van der Waals surface area contributed by atoms with Gasteiger partial charge in [-0.1, -0.05) is 6.07 Å². The van der Waals surface area contributed by atoms with Gasteiger partial charge in [-0.3, -0.25) is 4.79 Å². The zero-order chi connectivity index (χ0) is 21.8. The van der Waals surface area contributed by atoms with Crippen LogP contribution in [0.2, 0.25) is 0 Å². The number of aromatic nitrogens is 2. The first-order chi connectivity index (χ1) is 15.1. The first-order valence-electron chi connectivity index (χ1n) is 10.3. The number of carbonyl (C=O) groups is 1. The summed E-state index contributed by atoms with van der Waals surface area (Å²) in [5.41, 5.74) is 3.71. The Balaban J connectivity index is 1.53. The Labute approximate surface area is 187 Å². The first kappa shape index (κ1) is 21.3. The standard InChI is InChI=1S/C24H27N3O3S/c1-27-10-9-25-24(27)23(18-11-19(29-2)14-20(12-18)30-3)26-22(28)15-31-21-8-7-16-5-4-6-17(16)13-21/h7-14,23H,4-6,15H2,1-3H3,(H,26,28). The van der Waals surface area contributed by atoms with Gasteiger partial charge in [-0.25, -0.2) is 4.98 Å². The Morgan fingerprint density at radius 2 is 1.87 bits per heavy atom. The number of amides is 1. The summed E-state index contributed by atoms with van der Waals surface area (Å²) >= 11 is 1.56. The molecule has 7 heteroatoms. The van der Waals surface area contributed by atoms with Crippen LogP contribution in [0.3, 0.4) is 0 Å². The van der Waals surface area contributed by atoms with Crippen LogP contribution in [0.25, 0.3) is 0 Å². The number of fused-ring (bicyclic) bond motifs is 1. The molecule has 2 aromatic carbocycles. The molecule has 0 radical (unpaired) electrons. The van der Waals surface area contributed by atoms with Crippen molar-refractivity contribution in [2.24, 2.45) is 7.05 Å². The van der Waals surface area contributed by atoms with Crippen molar-refractivity contribution >= 4 is 17.7 Å². The van der Waals surface area contributed by atoms with E-state index in [4.69, 9.17) is 9.47 Å². The molecule has 31 heavy (non-hydrogen) atoms. The molecule has 1 unspecified atom stereocenters. The number of thioether (sulfide) groups is 1. The summed E-state index contributed by atoms with van der Waals surface area (Å²) in [4.78, 5) is 18.5. The predicted molar refractivity (Wildman–Crippen MR) is 122 cm³/mol. The molecular formula is C24H27N3O3S. The molecule has 1 aliphatic carbocycles. The van der Waals surface area contributed by atoms with Gasteiger partial charge in [-0.05, 0) is 60.2 Å². The molecule has 0 bridgehead atoms. The number of hydrogen-bond donors (Lipinski definition) is 1. The number of hydrogen-bond acceptors (Lipinski definition) is 5. The summed E-state index contributed by atoms with van der Waals surface area (Å²) in [7, 11) is 5.14. The van der Waals surface area contributed by atoms with Gasteiger partial charge in [0.2, 0.25) is 5.91 Å². The van der Waals surface area contributed by atoms with Gasteiger partial charge >= 0.3 is 0 Å². The molecule has 0 aliphatic heterocycles. The van der Waals surface area contributed by atoms with E-state index >= 15 is 0 Å². The van der Waals surface area contributed by atoms with E-state index in [0.717, 1.165) is 29.1 Å². The molecule has 1 amide bonds. The highest BCUT2D eigenvalue weighted by molar-refractivity contribution is 8.00. The van der Waals surface area contributed by atoms with Crippen LogP contribution in [-0.2, 0) is 24.7 Å². The van der Waals surface area contributed by atoms with Gasteiger partial charge in [0.25, 0.3) is 0 Å². The van der Waals surface area contributed by atoms with E-state index in [1.165, 1.54) is 17.5 Å². The number of nitrogens with one attached hydrogen (secondary N) is 1. The minimum absolute atomic E-state index is 0.0553. The summed E-state index contributed by atoms with van der Waals surface area (Å²) in [6.45, 7) is 0. The molecule has 0 fully saturated rings. The molecule has 4 rings (SSSR count). The second-order valence-corrected chi connectivity index (χ2v) is 8.66. The number of nitrogens with zero attached hydrogens (tertiary/aromatic N) is 2. The zero-order valence-corrected chi connectivity index (χ0v) is 18.9. The van der Waals surface area contributed by atoms with Crippen LogP contribution in [0.1, 0.15) is 35.0 Å². The molecule has 162 valence electrons. The lowest BCUT2D eigenvalue weighted by Crippen LogP contribution is -2.32. The Hall–Kier alpha value is -2.93. The molecular weight excluding hydrogens is 410 g/mol. The molecule has 1 heterocycles. The van der Waals surface area contributed by atoms with Gasteiger partial charge in [0.05, 0.1) is 20.0 Å². The zero-order valence-electron chi connectivity index (χ0n) is 18.1. The fraction of sp³-hybridized carbons (Fsp3) is 0.333. The lowest BCUT2D eigenvalue weighted by atomic mass is 10.0. The average Bonchev–Trinajstić information content (AvgIpc) is 3.43. The number of rotatable bonds is 8. The van der Waals surface area contributed by atoms with Gasteiger partial charge in [0.15, 0.2) is 0 Å². The summed E-state index contributed by atoms with van der Waals surface area (Å²) < 4.78 is 12.7. The van der Waals surface area contributed by atoms with Crippen molar-refractivity contribution in [1.82, 2.24) is 14.9 Å². The van der Waals surface area contributed by atoms with Crippen molar-refractivity contribution in [2.75, 3.05) is 20.0 Å². The number of aryl methyl sites for hydroxylation is 3. The average molecular weight is 438 g/mol. The van der Waals surface area contributed by atoms with E-state index in [2.05, 4.69) is 28.5 Å². The molecule has 1 aromatic heterocycles. The normalized spacial score (nSPS) is 13.5. The van der Waals surface area contributed by atoms with Gasteiger partial charge in [-0.15, -0.1) is 11.8 Å². The summed E-state index contributed by atoms with van der Waals surface area (Å²) in [5.74, 6) is 2.35. The third-order valence-electron chi connectivity index (χ3n) is 5.57. The van der Waals surface area contributed by atoms with E-state index in [1.807, 2.05) is 36.0 Å². The Kier molecular flexibility index (Phi) is 6.51. The molecule has 1 aliphatic rings. The maximum absolute atomic E-state index is 12.9. The lowest BCUT2D eigenvalue weighted by molar-refractivity contribution is -0.119. The smallest absolute Gasteiger partial charge is 0.231 e. The van der Waals surface area contributed by atoms with E-state index in [-0.39, 0.29) is 5.91 Å². The SMILES string of the molecule is COc1cc(OC)cc(C(NC(=O)CSc2ccc3c(c2)CCC3)c2nccn2C)c1. The second-order valence-electron chi connectivity index (χ2n) is 7.62. The van der Waals surface area contributed by atoms with Crippen LogP contribution in [0.4, 0.5) is 0 Å². The van der Waals surface area contributed by atoms with Crippen molar-refractivity contribution in [1.29, 1.82) is 0 Å². The van der Waals surface area contributed by atoms with Crippen LogP contribution >= 0.6 is 11.8 Å². The molecule has 3 aromatic rings. The van der Waals surface area contributed by atoms with Crippen molar-refractivity contribution < 1.29 is 14.3 Å². The number of imidazole rings is 1. The Morgan fingerprint density at radius 1 is 1.13 bits per heavy atom. The Bertz CT molecular complexity index is 1060. The van der Waals surface area contributed by atoms with Crippen molar-refractivity contribution in [3.05, 3.63) is 71.3 Å². The lowest BCUT2D eigenvalue weighted by Gasteiger charge is -2.20. The van der Waals surface area contributed by atoms with Crippen molar-refractivity contribution in [3.8, 4) is 11.5 Å². The topological polar surface area (TPSA) is 65.4 Å². The second kappa shape index (κ2) is 9.47. The molecule has 0 saturated carbocycles. The molecule has 6 nitrogen and oxygen atoms in total. The number of methoxy groups -OCH3 is 2. The largest absolute Gasteiger partial charge is 0.497 e. The van der Waals surface area contributed by atoms with Gasteiger partial charge in [-0.2, -0.15) is 0 Å². The quantitative estimate of drug-likeness (QED) is 0.541. The van der Waals surface area contributed by atoms with E-state index in [1.54, 1.807) is 32.2 Å². The minimum Gasteiger partial charge on any atom is -0.497 e. The molecule has 0 spiro atoms. The van der Waals surface area contributed by atoms with E-state index in [0.29, 0.717) is 17.3 Å². The molecule has 0 saturated heterocycles. The first-order valence-corrected chi connectivity index (χ1v) is 11.3. The summed E-state index contributed by atoms with van der Waals surface area (Å²) in [6, 6.07) is 11.7. The van der Waals surface area contributed by atoms with Gasteiger partial charge < -0.3 is 19.4 Å². The van der Waals surface area contributed by atoms with Crippen LogP contribution in [0.15, 0.2) is 53.7 Å². The van der Waals surface area contributed by atoms with Crippen molar-refractivity contribution in [3.63, 3.8) is 0 Å². The number of carbonyl (C=O) groups excluding carboxylic acids is 1. The number of ether oxygens (including phenoxy) is 2. The highest BCUT2D eigenvalue weighted by atomic mass is 32.2. The predicted octanol–water partition coefficient (Wildman–Crippen LogP) is 3.92. The fourth-order valence-corrected chi connectivity index (χ4v) is 4.71. The Morgan fingerprint density at radius 3 is 2.55 bits per heavy atom. The summed E-state index contributed by atoms with van der Waals surface area (Å²) in [5, 5.41) is 3.15. The highest BCUT2D eigenvalue weighted by Crippen LogP contribution is 2.30. The van der Waals surface area contributed by atoms with E-state index < -0.39 is 6.04 Å². The third kappa shape index (κ3) is 4.88. The maximum Gasteiger partial charge on any atom is 0.231 e. The maximum atomic E-state index is 12.9. The van der Waals surface area contributed by atoms with E-state index in [9.17, 15) is 4.79 Å². The monoisotopic (exact) mass is 437 g/mol. The minimum atomic E-state index is -0.419. The molecule has 1 atom stereocenters. The van der Waals surface area contributed by atoms with Gasteiger partial charge in [0.1, 0.15) is 23.4 Å². The highest BCUT2D eigenvalue weighted by Gasteiger charge is 2.22. The number of benzene rings is 2. The van der Waals surface area contributed by atoms with Gasteiger partial charge in [0, 0.05) is 30.4 Å². The van der Waals surface area contributed by atoms with Crippen molar-refractivity contribution in [2.45, 2.75) is 30.2 Å². The van der Waals surface area contributed by atoms with Crippen LogP contribution in [0, 0.1) is 0 Å². The third-order valence-corrected chi connectivity index (χ3v) is 6.56. The fourth-order valence-electron chi connectivity index (χ4n) is 3.94. The van der Waals surface area contributed by atoms with Crippen LogP contribution in [-0.4, -0.2) is 35.4 Å². The van der Waals surface area contributed by atoms with Crippen LogP contribution in [0.5, 0.6) is 11.5 Å². The molecule has 1 N–H and O–H groups in total.